The van der Waals surface area contributed by atoms with Gasteiger partial charge in [-0.2, -0.15) is 0 Å². The zero-order chi connectivity index (χ0) is 22.4. The summed E-state index contributed by atoms with van der Waals surface area (Å²) in [5.74, 6) is 0.774. The number of aliphatic imine (C=N–C) groups is 1. The van der Waals surface area contributed by atoms with Crippen molar-refractivity contribution in [2.75, 3.05) is 19.6 Å². The Morgan fingerprint density at radius 1 is 1.23 bits per heavy atom. The average Bonchev–Trinajstić information content (AvgIpc) is 3.12. The third-order valence-corrected chi connectivity index (χ3v) is 6.50. The minimum absolute atomic E-state index is 0.125. The minimum atomic E-state index is -3.66. The normalized spacial score (nSPS) is 17.8. The zero-order valence-electron chi connectivity index (χ0n) is 18.7. The second-order valence-corrected chi connectivity index (χ2v) is 10.1. The number of hydrogen-bond acceptors (Lipinski definition) is 4. The number of guanidine groups is 1. The van der Waals surface area contributed by atoms with Gasteiger partial charge in [0.25, 0.3) is 0 Å². The molecule has 1 amide bonds. The first-order valence-corrected chi connectivity index (χ1v) is 12.0. The summed E-state index contributed by atoms with van der Waals surface area (Å²) in [7, 11) is -3.66. The molecule has 1 aliphatic heterocycles. The summed E-state index contributed by atoms with van der Waals surface area (Å²) in [6.07, 6.45) is 1.37. The van der Waals surface area contributed by atoms with Gasteiger partial charge in [-0.15, -0.1) is 0 Å². The van der Waals surface area contributed by atoms with Crippen LogP contribution in [0.15, 0.2) is 34.2 Å². The first-order valence-electron chi connectivity index (χ1n) is 10.5. The molecule has 0 saturated carbocycles. The lowest BCUT2D eigenvalue weighted by molar-refractivity contribution is -0.129. The molecule has 2 rings (SSSR count). The van der Waals surface area contributed by atoms with Gasteiger partial charge in [-0.1, -0.05) is 25.1 Å². The molecule has 0 aliphatic carbocycles. The van der Waals surface area contributed by atoms with E-state index in [1.807, 2.05) is 45.6 Å². The lowest BCUT2D eigenvalue weighted by Gasteiger charge is -2.21. The molecule has 1 aliphatic rings. The molecule has 9 heteroatoms. The van der Waals surface area contributed by atoms with E-state index in [1.54, 1.807) is 18.2 Å². The van der Waals surface area contributed by atoms with Crippen LogP contribution in [0.5, 0.6) is 0 Å². The van der Waals surface area contributed by atoms with Crippen molar-refractivity contribution >= 4 is 21.9 Å². The molecule has 3 N–H and O–H groups in total. The smallest absolute Gasteiger partial charge is 0.241 e. The first-order chi connectivity index (χ1) is 14.1. The fourth-order valence-electron chi connectivity index (χ4n) is 3.36. The lowest BCUT2D eigenvalue weighted by Crippen LogP contribution is -2.45. The fourth-order valence-corrected chi connectivity index (χ4v) is 5.01. The van der Waals surface area contributed by atoms with E-state index in [0.717, 1.165) is 13.0 Å². The van der Waals surface area contributed by atoms with Crippen LogP contribution in [-0.4, -0.2) is 56.4 Å². The lowest BCUT2D eigenvalue weighted by atomic mass is 10.1. The molecule has 168 valence electrons. The van der Waals surface area contributed by atoms with E-state index in [1.165, 1.54) is 0 Å². The van der Waals surface area contributed by atoms with Gasteiger partial charge < -0.3 is 15.5 Å². The number of amides is 1. The molecule has 0 spiro atoms. The molecule has 30 heavy (non-hydrogen) atoms. The molecule has 1 fully saturated rings. The highest BCUT2D eigenvalue weighted by atomic mass is 32.2. The van der Waals surface area contributed by atoms with Gasteiger partial charge in [-0.05, 0) is 45.7 Å². The summed E-state index contributed by atoms with van der Waals surface area (Å²) < 4.78 is 28.3. The predicted molar refractivity (Wildman–Crippen MR) is 120 cm³/mol. The molecule has 1 saturated heterocycles. The van der Waals surface area contributed by atoms with E-state index in [0.29, 0.717) is 31.0 Å². The van der Waals surface area contributed by atoms with Crippen molar-refractivity contribution in [1.29, 1.82) is 0 Å². The van der Waals surface area contributed by atoms with Gasteiger partial charge in [-0.3, -0.25) is 4.79 Å². The second kappa shape index (κ2) is 10.3. The monoisotopic (exact) mass is 437 g/mol. The maximum Gasteiger partial charge on any atom is 0.241 e. The molecule has 1 atom stereocenters. The maximum atomic E-state index is 12.8. The quantitative estimate of drug-likeness (QED) is 0.446. The van der Waals surface area contributed by atoms with Crippen LogP contribution in [0.1, 0.15) is 53.0 Å². The molecule has 1 aromatic rings. The van der Waals surface area contributed by atoms with Crippen LogP contribution in [0, 0.1) is 0 Å². The van der Waals surface area contributed by atoms with E-state index in [9.17, 15) is 13.2 Å². The summed E-state index contributed by atoms with van der Waals surface area (Å²) in [4.78, 5) is 18.6. The van der Waals surface area contributed by atoms with Gasteiger partial charge in [0, 0.05) is 37.6 Å². The average molecular weight is 438 g/mol. The van der Waals surface area contributed by atoms with Crippen molar-refractivity contribution in [1.82, 2.24) is 20.3 Å². The third-order valence-electron chi connectivity index (χ3n) is 4.64. The Bertz CT molecular complexity index is 862. The number of benzene rings is 1. The van der Waals surface area contributed by atoms with Gasteiger partial charge in [0.1, 0.15) is 0 Å². The highest BCUT2D eigenvalue weighted by Crippen LogP contribution is 2.19. The largest absolute Gasteiger partial charge is 0.357 e. The maximum absolute atomic E-state index is 12.8. The van der Waals surface area contributed by atoms with Crippen molar-refractivity contribution in [2.45, 2.75) is 70.5 Å². The molecule has 0 aromatic heterocycles. The molecule has 0 bridgehead atoms. The van der Waals surface area contributed by atoms with Crippen LogP contribution in [-0.2, 0) is 21.4 Å². The predicted octanol–water partition coefficient (Wildman–Crippen LogP) is 1.83. The van der Waals surface area contributed by atoms with E-state index >= 15 is 0 Å². The van der Waals surface area contributed by atoms with Crippen LogP contribution in [0.2, 0.25) is 0 Å². The molecule has 0 radical (unpaired) electrons. The Morgan fingerprint density at radius 2 is 1.93 bits per heavy atom. The Hall–Kier alpha value is -2.13. The standard InChI is InChI=1S/C21H35N5O3S/c1-6-19(27)26-13-12-17(15-26)24-20(22-7-2)23-14-16-10-8-9-11-18(16)30(28,29)25-21(3,4)5/h8-11,17,25H,6-7,12-15H2,1-5H3,(H2,22,23,24). The molecule has 1 aromatic carbocycles. The summed E-state index contributed by atoms with van der Waals surface area (Å²) in [6, 6.07) is 7.03. The number of carbonyl (C=O) groups excluding carboxylic acids is 1. The van der Waals surface area contributed by atoms with E-state index in [-0.39, 0.29) is 23.4 Å². The number of rotatable bonds is 7. The summed E-state index contributed by atoms with van der Waals surface area (Å²) >= 11 is 0. The van der Waals surface area contributed by atoms with Crippen LogP contribution in [0.3, 0.4) is 0 Å². The molecular weight excluding hydrogens is 402 g/mol. The van der Waals surface area contributed by atoms with E-state index in [4.69, 9.17) is 0 Å². The molecule has 1 unspecified atom stereocenters. The van der Waals surface area contributed by atoms with Gasteiger partial charge in [0.2, 0.25) is 15.9 Å². The number of nitrogens with zero attached hydrogens (tertiary/aromatic N) is 2. The van der Waals surface area contributed by atoms with Gasteiger partial charge >= 0.3 is 0 Å². The van der Waals surface area contributed by atoms with Gasteiger partial charge in [-0.25, -0.2) is 18.1 Å². The Morgan fingerprint density at radius 3 is 2.57 bits per heavy atom. The number of sulfonamides is 1. The van der Waals surface area contributed by atoms with Gasteiger partial charge in [0.15, 0.2) is 5.96 Å². The topological polar surface area (TPSA) is 103 Å². The summed E-state index contributed by atoms with van der Waals surface area (Å²) in [5, 5.41) is 6.58. The molecular formula is C21H35N5O3S. The van der Waals surface area contributed by atoms with Crippen molar-refractivity contribution in [3.8, 4) is 0 Å². The molecule has 1 heterocycles. The van der Waals surface area contributed by atoms with E-state index < -0.39 is 15.6 Å². The summed E-state index contributed by atoms with van der Waals surface area (Å²) in [6.45, 7) is 11.6. The second-order valence-electron chi connectivity index (χ2n) is 8.48. The minimum Gasteiger partial charge on any atom is -0.357 e. The number of hydrogen-bond donors (Lipinski definition) is 3. The van der Waals surface area contributed by atoms with Crippen LogP contribution < -0.4 is 15.4 Å². The number of likely N-dealkylation sites (tertiary alicyclic amines) is 1. The van der Waals surface area contributed by atoms with Gasteiger partial charge in [0.05, 0.1) is 11.4 Å². The Kier molecular flexibility index (Phi) is 8.25. The van der Waals surface area contributed by atoms with Crippen molar-refractivity contribution in [2.24, 2.45) is 4.99 Å². The fraction of sp³-hybridized carbons (Fsp3) is 0.619. The Balaban J connectivity index is 2.15. The SMILES string of the molecule is CCNC(=NCc1ccccc1S(=O)(=O)NC(C)(C)C)NC1CCN(C(=O)CC)C1. The highest BCUT2D eigenvalue weighted by molar-refractivity contribution is 7.89. The van der Waals surface area contributed by atoms with Crippen molar-refractivity contribution < 1.29 is 13.2 Å². The highest BCUT2D eigenvalue weighted by Gasteiger charge is 2.26. The van der Waals surface area contributed by atoms with Crippen molar-refractivity contribution in [3.05, 3.63) is 29.8 Å². The first kappa shape index (κ1) is 24.1. The Labute approximate surface area is 180 Å². The summed E-state index contributed by atoms with van der Waals surface area (Å²) in [5.41, 5.74) is 0.0522. The number of carbonyl (C=O) groups is 1. The molecule has 8 nitrogen and oxygen atoms in total. The van der Waals surface area contributed by atoms with E-state index in [2.05, 4.69) is 20.3 Å². The number of nitrogens with one attached hydrogen (secondary N) is 3. The third kappa shape index (κ3) is 6.98. The van der Waals surface area contributed by atoms with Crippen LogP contribution in [0.25, 0.3) is 0 Å². The van der Waals surface area contributed by atoms with Crippen LogP contribution in [0.4, 0.5) is 0 Å². The van der Waals surface area contributed by atoms with Crippen molar-refractivity contribution in [3.63, 3.8) is 0 Å². The zero-order valence-corrected chi connectivity index (χ0v) is 19.5. The van der Waals surface area contributed by atoms with Crippen LogP contribution >= 0.6 is 0 Å².